The lowest BCUT2D eigenvalue weighted by Gasteiger charge is -2.18. The average Bonchev–Trinajstić information content (AvgIpc) is 2.56. The van der Waals surface area contributed by atoms with Crippen LogP contribution in [-0.4, -0.2) is 24.8 Å². The molecule has 0 saturated heterocycles. The third-order valence-corrected chi connectivity index (χ3v) is 3.89. The van der Waals surface area contributed by atoms with E-state index in [9.17, 15) is 14.3 Å². The summed E-state index contributed by atoms with van der Waals surface area (Å²) in [6, 6.07) is 9.87. The zero-order valence-electron chi connectivity index (χ0n) is 14.0. The summed E-state index contributed by atoms with van der Waals surface area (Å²) in [7, 11) is 1.53. The SMILES string of the molecule is CCOc1c(CC(C(=O)O)c2ccc(C)c(F)c2)cccc1OC. The number of methoxy groups -OCH3 is 1. The van der Waals surface area contributed by atoms with Crippen molar-refractivity contribution in [1.29, 1.82) is 0 Å². The molecule has 1 N–H and O–H groups in total. The first-order valence-corrected chi connectivity index (χ1v) is 7.75. The molecule has 0 aliphatic rings. The molecule has 4 nitrogen and oxygen atoms in total. The van der Waals surface area contributed by atoms with Gasteiger partial charge in [-0.3, -0.25) is 4.79 Å². The Morgan fingerprint density at radius 2 is 2.04 bits per heavy atom. The molecule has 2 aromatic rings. The molecule has 24 heavy (non-hydrogen) atoms. The minimum atomic E-state index is -1.01. The van der Waals surface area contributed by atoms with Crippen molar-refractivity contribution < 1.29 is 23.8 Å². The van der Waals surface area contributed by atoms with Crippen LogP contribution >= 0.6 is 0 Å². The van der Waals surface area contributed by atoms with Crippen molar-refractivity contribution >= 4 is 5.97 Å². The molecule has 0 saturated carbocycles. The fourth-order valence-electron chi connectivity index (χ4n) is 2.58. The molecule has 2 aromatic carbocycles. The molecule has 0 aliphatic carbocycles. The van der Waals surface area contributed by atoms with Crippen LogP contribution in [0.2, 0.25) is 0 Å². The maximum absolute atomic E-state index is 13.8. The third-order valence-electron chi connectivity index (χ3n) is 3.89. The number of carboxylic acid groups (broad SMARTS) is 1. The Kier molecular flexibility index (Phi) is 5.79. The van der Waals surface area contributed by atoms with Crippen molar-refractivity contribution in [2.75, 3.05) is 13.7 Å². The van der Waals surface area contributed by atoms with Gasteiger partial charge in [0.2, 0.25) is 0 Å². The van der Waals surface area contributed by atoms with Crippen molar-refractivity contribution in [1.82, 2.24) is 0 Å². The maximum atomic E-state index is 13.8. The minimum absolute atomic E-state index is 0.185. The van der Waals surface area contributed by atoms with Gasteiger partial charge in [-0.1, -0.05) is 24.3 Å². The Balaban J connectivity index is 2.41. The molecule has 1 unspecified atom stereocenters. The van der Waals surface area contributed by atoms with Gasteiger partial charge in [0, 0.05) is 0 Å². The highest BCUT2D eigenvalue weighted by molar-refractivity contribution is 5.77. The van der Waals surface area contributed by atoms with E-state index in [4.69, 9.17) is 9.47 Å². The van der Waals surface area contributed by atoms with Gasteiger partial charge >= 0.3 is 5.97 Å². The lowest BCUT2D eigenvalue weighted by Crippen LogP contribution is -2.15. The van der Waals surface area contributed by atoms with Crippen LogP contribution in [0.5, 0.6) is 11.5 Å². The van der Waals surface area contributed by atoms with E-state index in [1.165, 1.54) is 13.2 Å². The van der Waals surface area contributed by atoms with Crippen molar-refractivity contribution in [3.63, 3.8) is 0 Å². The molecule has 128 valence electrons. The molecular weight excluding hydrogens is 311 g/mol. The van der Waals surface area contributed by atoms with Crippen molar-refractivity contribution in [2.24, 2.45) is 0 Å². The first-order chi connectivity index (χ1) is 11.5. The number of rotatable bonds is 7. The second-order valence-corrected chi connectivity index (χ2v) is 5.49. The number of hydrogen-bond acceptors (Lipinski definition) is 3. The van der Waals surface area contributed by atoms with E-state index in [2.05, 4.69) is 0 Å². The number of para-hydroxylation sites is 1. The monoisotopic (exact) mass is 332 g/mol. The highest BCUT2D eigenvalue weighted by Gasteiger charge is 2.24. The Labute approximate surface area is 140 Å². The molecule has 0 spiro atoms. The lowest BCUT2D eigenvalue weighted by atomic mass is 9.91. The Morgan fingerprint density at radius 3 is 2.62 bits per heavy atom. The molecule has 2 rings (SSSR count). The van der Waals surface area contributed by atoms with Gasteiger partial charge in [0.25, 0.3) is 0 Å². The van der Waals surface area contributed by atoms with Gasteiger partial charge < -0.3 is 14.6 Å². The van der Waals surface area contributed by atoms with E-state index in [1.54, 1.807) is 37.3 Å². The third kappa shape index (κ3) is 3.85. The number of halogens is 1. The van der Waals surface area contributed by atoms with Gasteiger partial charge in [-0.05, 0) is 49.1 Å². The summed E-state index contributed by atoms with van der Waals surface area (Å²) in [5, 5.41) is 9.60. The van der Waals surface area contributed by atoms with E-state index < -0.39 is 17.7 Å². The smallest absolute Gasteiger partial charge is 0.311 e. The zero-order valence-corrected chi connectivity index (χ0v) is 14.0. The average molecular weight is 332 g/mol. The summed E-state index contributed by atoms with van der Waals surface area (Å²) in [5.74, 6) is -1.21. The molecule has 0 bridgehead atoms. The highest BCUT2D eigenvalue weighted by atomic mass is 19.1. The number of hydrogen-bond donors (Lipinski definition) is 1. The van der Waals surface area contributed by atoms with Gasteiger partial charge in [-0.15, -0.1) is 0 Å². The summed E-state index contributed by atoms with van der Waals surface area (Å²) in [6.07, 6.45) is 0.185. The number of aliphatic carboxylic acids is 1. The van der Waals surface area contributed by atoms with Crippen molar-refractivity contribution in [2.45, 2.75) is 26.2 Å². The molecule has 5 heteroatoms. The zero-order chi connectivity index (χ0) is 17.7. The molecule has 0 amide bonds. The largest absolute Gasteiger partial charge is 0.493 e. The standard InChI is InChI=1S/C19H21FO4/c1-4-24-18-14(6-5-7-17(18)23-3)10-15(19(21)22)13-9-8-12(2)16(20)11-13/h5-9,11,15H,4,10H2,1-3H3,(H,21,22). The van der Waals surface area contributed by atoms with Crippen molar-refractivity contribution in [3.8, 4) is 11.5 Å². The lowest BCUT2D eigenvalue weighted by molar-refractivity contribution is -0.138. The van der Waals surface area contributed by atoms with Crippen LogP contribution in [0.4, 0.5) is 4.39 Å². The summed E-state index contributed by atoms with van der Waals surface area (Å²) in [5.41, 5.74) is 1.62. The molecular formula is C19H21FO4. The second kappa shape index (κ2) is 7.81. The van der Waals surface area contributed by atoms with Crippen LogP contribution in [0.3, 0.4) is 0 Å². The highest BCUT2D eigenvalue weighted by Crippen LogP contribution is 2.34. The fraction of sp³-hybridized carbons (Fsp3) is 0.316. The molecule has 0 aliphatic heterocycles. The minimum Gasteiger partial charge on any atom is -0.493 e. The van der Waals surface area contributed by atoms with Crippen LogP contribution in [0.15, 0.2) is 36.4 Å². The fourth-order valence-corrected chi connectivity index (χ4v) is 2.58. The Hall–Kier alpha value is -2.56. The molecule has 0 heterocycles. The van der Waals surface area contributed by atoms with Crippen LogP contribution in [0, 0.1) is 12.7 Å². The van der Waals surface area contributed by atoms with Crippen molar-refractivity contribution in [3.05, 3.63) is 58.9 Å². The molecule has 0 fully saturated rings. The van der Waals surface area contributed by atoms with Crippen LogP contribution in [-0.2, 0) is 11.2 Å². The summed E-state index contributed by atoms with van der Waals surface area (Å²) in [4.78, 5) is 11.7. The van der Waals surface area contributed by atoms with Crippen LogP contribution < -0.4 is 9.47 Å². The molecule has 0 aromatic heterocycles. The topological polar surface area (TPSA) is 55.8 Å². The van der Waals surface area contributed by atoms with E-state index in [1.807, 2.05) is 6.92 Å². The van der Waals surface area contributed by atoms with E-state index in [0.29, 0.717) is 34.8 Å². The van der Waals surface area contributed by atoms with Gasteiger partial charge in [0.1, 0.15) is 5.82 Å². The number of ether oxygens (including phenoxy) is 2. The maximum Gasteiger partial charge on any atom is 0.311 e. The van der Waals surface area contributed by atoms with Gasteiger partial charge in [-0.2, -0.15) is 0 Å². The van der Waals surface area contributed by atoms with E-state index >= 15 is 0 Å². The van der Waals surface area contributed by atoms with E-state index in [-0.39, 0.29) is 6.42 Å². The Bertz CT molecular complexity index is 727. The van der Waals surface area contributed by atoms with E-state index in [0.717, 1.165) is 0 Å². The summed E-state index contributed by atoms with van der Waals surface area (Å²) < 4.78 is 24.7. The van der Waals surface area contributed by atoms with Crippen LogP contribution in [0.25, 0.3) is 0 Å². The second-order valence-electron chi connectivity index (χ2n) is 5.49. The first-order valence-electron chi connectivity index (χ1n) is 7.75. The number of carbonyl (C=O) groups is 1. The molecule has 1 atom stereocenters. The first kappa shape index (κ1) is 17.8. The van der Waals surface area contributed by atoms with Gasteiger partial charge in [0.05, 0.1) is 19.6 Å². The summed E-state index contributed by atoms with van der Waals surface area (Å²) >= 11 is 0. The van der Waals surface area contributed by atoms with Crippen LogP contribution in [0.1, 0.15) is 29.5 Å². The number of carboxylic acids is 1. The van der Waals surface area contributed by atoms with Gasteiger partial charge in [-0.25, -0.2) is 4.39 Å². The number of aryl methyl sites for hydroxylation is 1. The molecule has 0 radical (unpaired) electrons. The Morgan fingerprint density at radius 1 is 1.29 bits per heavy atom. The predicted molar refractivity (Wildman–Crippen MR) is 89.4 cm³/mol. The number of benzene rings is 2. The normalized spacial score (nSPS) is 11.8. The van der Waals surface area contributed by atoms with Gasteiger partial charge in [0.15, 0.2) is 11.5 Å². The summed E-state index contributed by atoms with van der Waals surface area (Å²) in [6.45, 7) is 3.93. The predicted octanol–water partition coefficient (Wildman–Crippen LogP) is 3.95. The quantitative estimate of drug-likeness (QED) is 0.834.